The largest absolute Gasteiger partial charge is 0.454 e. The molecule has 1 amide bonds. The standard InChI is InChI=1S/C65H125NO10/c1-4-7-10-13-16-19-22-25-27-28-29-30-31-33-34-37-40-43-46-49-52-58(69)64(73)66-56(57(68)51-48-45-42-39-36-24-21-18-15-12-9-6-3)55-74-65-63(62(72)61(71)59(54-67)75-65)76-60(70)53-50-47-44-41-38-35-32-26-23-20-17-14-11-8-5-2/h48,51,56-59,61-63,65,67-69,71-72H,4-47,49-50,52-55H2,1-3H3,(H,66,73)/b51-48+. The minimum Gasteiger partial charge on any atom is -0.454 e. The number of aliphatic hydroxyl groups is 5. The number of hydrogen-bond donors (Lipinski definition) is 6. The monoisotopic (exact) mass is 1080 g/mol. The van der Waals surface area contributed by atoms with Crippen LogP contribution in [-0.2, 0) is 23.8 Å². The van der Waals surface area contributed by atoms with E-state index in [9.17, 15) is 35.1 Å². The van der Waals surface area contributed by atoms with Crippen LogP contribution in [0.4, 0.5) is 0 Å². The molecule has 0 saturated carbocycles. The number of carbonyl (C=O) groups excluding carboxylic acids is 2. The molecule has 0 bridgehead atoms. The highest BCUT2D eigenvalue weighted by atomic mass is 16.7. The van der Waals surface area contributed by atoms with Crippen LogP contribution in [0.15, 0.2) is 12.2 Å². The second-order valence-electron chi connectivity index (χ2n) is 23.2. The van der Waals surface area contributed by atoms with Crippen LogP contribution in [0.3, 0.4) is 0 Å². The average Bonchev–Trinajstić information content (AvgIpc) is 3.42. The van der Waals surface area contributed by atoms with Gasteiger partial charge < -0.3 is 45.1 Å². The van der Waals surface area contributed by atoms with E-state index in [0.717, 1.165) is 57.8 Å². The zero-order chi connectivity index (χ0) is 55.4. The first-order valence-corrected chi connectivity index (χ1v) is 33.0. The van der Waals surface area contributed by atoms with Crippen molar-refractivity contribution in [1.29, 1.82) is 0 Å². The first-order valence-electron chi connectivity index (χ1n) is 33.0. The molecule has 8 unspecified atom stereocenters. The molecule has 0 aromatic heterocycles. The van der Waals surface area contributed by atoms with Crippen LogP contribution in [0.5, 0.6) is 0 Å². The van der Waals surface area contributed by atoms with Crippen LogP contribution in [-0.4, -0.2) is 99.6 Å². The molecule has 1 aliphatic rings. The van der Waals surface area contributed by atoms with Gasteiger partial charge in [-0.2, -0.15) is 0 Å². The maximum absolute atomic E-state index is 13.4. The lowest BCUT2D eigenvalue weighted by Crippen LogP contribution is -2.61. The van der Waals surface area contributed by atoms with E-state index in [1.54, 1.807) is 6.08 Å². The van der Waals surface area contributed by atoms with E-state index in [2.05, 4.69) is 26.1 Å². The molecule has 0 aliphatic carbocycles. The minimum atomic E-state index is -1.61. The molecule has 1 fully saturated rings. The predicted octanol–water partition coefficient (Wildman–Crippen LogP) is 15.9. The molecule has 11 nitrogen and oxygen atoms in total. The fourth-order valence-electron chi connectivity index (χ4n) is 10.7. The molecule has 0 aromatic carbocycles. The molecule has 1 rings (SSSR count). The molecule has 11 heteroatoms. The average molecular weight is 1080 g/mol. The van der Waals surface area contributed by atoms with E-state index in [1.165, 1.54) is 225 Å². The minimum absolute atomic E-state index is 0.131. The van der Waals surface area contributed by atoms with Crippen LogP contribution in [0.1, 0.15) is 329 Å². The first kappa shape index (κ1) is 72.4. The van der Waals surface area contributed by atoms with E-state index in [0.29, 0.717) is 19.3 Å². The van der Waals surface area contributed by atoms with Crippen molar-refractivity contribution in [3.8, 4) is 0 Å². The Balaban J connectivity index is 2.62. The summed E-state index contributed by atoms with van der Waals surface area (Å²) in [6, 6.07) is -1.02. The maximum Gasteiger partial charge on any atom is 0.306 e. The molecule has 76 heavy (non-hydrogen) atoms. The quantitative estimate of drug-likeness (QED) is 0.0195. The number of carbonyl (C=O) groups is 2. The predicted molar refractivity (Wildman–Crippen MR) is 315 cm³/mol. The van der Waals surface area contributed by atoms with Crippen molar-refractivity contribution < 1.29 is 49.3 Å². The second kappa shape index (κ2) is 54.0. The SMILES string of the molecule is CCCCCCCCCCCC/C=C/C(O)C(COC1OC(CO)C(O)C(O)C1OC(=O)CCCCCCCCCCCCCCCCC)NC(=O)C(O)CCCCCCCCCCCCCCCCCCCCCC. The lowest BCUT2D eigenvalue weighted by molar-refractivity contribution is -0.305. The van der Waals surface area contributed by atoms with Crippen LogP contribution in [0.25, 0.3) is 0 Å². The molecule has 0 aromatic rings. The summed E-state index contributed by atoms with van der Waals surface area (Å²) in [7, 11) is 0. The Morgan fingerprint density at radius 3 is 1.24 bits per heavy atom. The summed E-state index contributed by atoms with van der Waals surface area (Å²) in [6.45, 7) is 5.84. The van der Waals surface area contributed by atoms with Gasteiger partial charge in [0, 0.05) is 6.42 Å². The van der Waals surface area contributed by atoms with Gasteiger partial charge in [-0.1, -0.05) is 309 Å². The Morgan fingerprint density at radius 1 is 0.500 bits per heavy atom. The number of amides is 1. The molecule has 0 spiro atoms. The third-order valence-corrected chi connectivity index (χ3v) is 15.9. The molecular weight excluding hydrogens is 955 g/mol. The number of aliphatic hydroxyl groups excluding tert-OH is 5. The molecule has 1 aliphatic heterocycles. The van der Waals surface area contributed by atoms with Crippen molar-refractivity contribution in [2.75, 3.05) is 13.2 Å². The fraction of sp³-hybridized carbons (Fsp3) is 0.938. The van der Waals surface area contributed by atoms with Gasteiger partial charge in [-0.3, -0.25) is 9.59 Å². The molecule has 450 valence electrons. The third kappa shape index (κ3) is 41.4. The smallest absolute Gasteiger partial charge is 0.306 e. The van der Waals surface area contributed by atoms with E-state index in [1.807, 2.05) is 6.08 Å². The van der Waals surface area contributed by atoms with Crippen molar-refractivity contribution >= 4 is 11.9 Å². The van der Waals surface area contributed by atoms with Gasteiger partial charge >= 0.3 is 5.97 Å². The summed E-state index contributed by atoms with van der Waals surface area (Å²) in [6.07, 6.45) is 51.1. The Morgan fingerprint density at radius 2 is 0.855 bits per heavy atom. The summed E-state index contributed by atoms with van der Waals surface area (Å²) in [5.74, 6) is -1.17. The van der Waals surface area contributed by atoms with Crippen LogP contribution >= 0.6 is 0 Å². The molecule has 8 atom stereocenters. The lowest BCUT2D eigenvalue weighted by Gasteiger charge is -2.41. The Bertz CT molecular complexity index is 1290. The van der Waals surface area contributed by atoms with Gasteiger partial charge in [0.2, 0.25) is 5.91 Å². The number of hydrogen-bond acceptors (Lipinski definition) is 10. The van der Waals surface area contributed by atoms with Crippen molar-refractivity contribution in [3.05, 3.63) is 12.2 Å². The summed E-state index contributed by atoms with van der Waals surface area (Å²) in [5.41, 5.74) is 0. The number of ether oxygens (including phenoxy) is 3. The van der Waals surface area contributed by atoms with Gasteiger partial charge in [-0.25, -0.2) is 0 Å². The Hall–Kier alpha value is -1.60. The zero-order valence-corrected chi connectivity index (χ0v) is 49.9. The van der Waals surface area contributed by atoms with Gasteiger partial charge in [-0.05, 0) is 25.7 Å². The molecule has 1 saturated heterocycles. The Labute approximate surface area is 468 Å². The first-order chi connectivity index (χ1) is 37.2. The van der Waals surface area contributed by atoms with E-state index in [4.69, 9.17) is 14.2 Å². The van der Waals surface area contributed by atoms with Gasteiger partial charge in [0.15, 0.2) is 12.4 Å². The maximum atomic E-state index is 13.4. The molecular formula is C65H125NO10. The number of rotatable bonds is 57. The Kier molecular flexibility index (Phi) is 51.5. The lowest BCUT2D eigenvalue weighted by atomic mass is 9.99. The number of esters is 1. The highest BCUT2D eigenvalue weighted by Crippen LogP contribution is 2.26. The fourth-order valence-corrected chi connectivity index (χ4v) is 10.7. The normalized spacial score (nSPS) is 19.1. The molecule has 1 heterocycles. The van der Waals surface area contributed by atoms with Crippen molar-refractivity contribution in [3.63, 3.8) is 0 Å². The van der Waals surface area contributed by atoms with Crippen LogP contribution in [0.2, 0.25) is 0 Å². The van der Waals surface area contributed by atoms with Gasteiger partial charge in [0.05, 0.1) is 25.4 Å². The molecule has 6 N–H and O–H groups in total. The third-order valence-electron chi connectivity index (χ3n) is 15.9. The summed E-state index contributed by atoms with van der Waals surface area (Å²) >= 11 is 0. The van der Waals surface area contributed by atoms with Gasteiger partial charge in [0.25, 0.3) is 0 Å². The number of unbranched alkanes of at least 4 members (excludes halogenated alkanes) is 43. The van der Waals surface area contributed by atoms with Crippen molar-refractivity contribution in [1.82, 2.24) is 5.32 Å². The van der Waals surface area contributed by atoms with Crippen LogP contribution < -0.4 is 5.32 Å². The highest BCUT2D eigenvalue weighted by Gasteiger charge is 2.47. The van der Waals surface area contributed by atoms with Crippen molar-refractivity contribution in [2.45, 2.75) is 378 Å². The van der Waals surface area contributed by atoms with Crippen molar-refractivity contribution in [2.24, 2.45) is 0 Å². The van der Waals surface area contributed by atoms with Crippen LogP contribution in [0, 0.1) is 0 Å². The van der Waals surface area contributed by atoms with E-state index < -0.39 is 67.4 Å². The zero-order valence-electron chi connectivity index (χ0n) is 49.9. The molecule has 0 radical (unpaired) electrons. The summed E-state index contributed by atoms with van der Waals surface area (Å²) < 4.78 is 17.6. The van der Waals surface area contributed by atoms with E-state index >= 15 is 0 Å². The second-order valence-corrected chi connectivity index (χ2v) is 23.2. The topological polar surface area (TPSA) is 175 Å². The summed E-state index contributed by atoms with van der Waals surface area (Å²) in [4.78, 5) is 26.6. The van der Waals surface area contributed by atoms with E-state index in [-0.39, 0.29) is 13.0 Å². The summed E-state index contributed by atoms with van der Waals surface area (Å²) in [5, 5.41) is 57.1. The number of allylic oxidation sites excluding steroid dienone is 1. The number of nitrogens with one attached hydrogen (secondary N) is 1. The highest BCUT2D eigenvalue weighted by molar-refractivity contribution is 5.80. The van der Waals surface area contributed by atoms with Gasteiger partial charge in [0.1, 0.15) is 24.4 Å². The van der Waals surface area contributed by atoms with Gasteiger partial charge in [-0.15, -0.1) is 0 Å².